The van der Waals surface area contributed by atoms with E-state index in [0.717, 1.165) is 0 Å². The summed E-state index contributed by atoms with van der Waals surface area (Å²) in [7, 11) is 3.64. The van der Waals surface area contributed by atoms with Crippen LogP contribution in [0.5, 0.6) is 11.5 Å². The first-order valence-corrected chi connectivity index (χ1v) is 4.63. The van der Waals surface area contributed by atoms with Crippen molar-refractivity contribution in [2.24, 2.45) is 0 Å². The summed E-state index contributed by atoms with van der Waals surface area (Å²) >= 11 is 0. The van der Waals surface area contributed by atoms with Crippen molar-refractivity contribution >= 4 is 5.78 Å². The molecular formula is C11H15NO3. The first-order valence-electron chi connectivity index (χ1n) is 4.63. The zero-order valence-corrected chi connectivity index (χ0v) is 9.11. The van der Waals surface area contributed by atoms with Gasteiger partial charge in [-0.2, -0.15) is 0 Å². The molecule has 0 saturated heterocycles. The lowest BCUT2D eigenvalue weighted by Gasteiger charge is -2.14. The first kappa shape index (κ1) is 11.5. The van der Waals surface area contributed by atoms with E-state index >= 15 is 0 Å². The number of benzene rings is 1. The fourth-order valence-corrected chi connectivity index (χ4v) is 1.38. The lowest BCUT2D eigenvalue weighted by molar-refractivity contribution is 0.101. The highest BCUT2D eigenvalue weighted by Gasteiger charge is 2.15. The summed E-state index contributed by atoms with van der Waals surface area (Å²) in [4.78, 5) is 13.0. The molecular weight excluding hydrogens is 194 g/mol. The second kappa shape index (κ2) is 4.31. The van der Waals surface area contributed by atoms with Crippen LogP contribution >= 0.6 is 0 Å². The molecule has 0 fully saturated rings. The third kappa shape index (κ3) is 2.47. The number of carbonyl (C=O) groups is 1. The topological polar surface area (TPSA) is 60.8 Å². The van der Waals surface area contributed by atoms with Crippen LogP contribution in [0.3, 0.4) is 0 Å². The van der Waals surface area contributed by atoms with Crippen LogP contribution < -0.4 is 0 Å². The molecule has 0 spiro atoms. The van der Waals surface area contributed by atoms with Crippen molar-refractivity contribution in [3.8, 4) is 11.5 Å². The van der Waals surface area contributed by atoms with Gasteiger partial charge < -0.3 is 15.1 Å². The van der Waals surface area contributed by atoms with Crippen molar-refractivity contribution in [3.05, 3.63) is 23.3 Å². The highest BCUT2D eigenvalue weighted by molar-refractivity contribution is 5.97. The Balaban J connectivity index is 3.24. The van der Waals surface area contributed by atoms with Gasteiger partial charge in [-0.05, 0) is 33.2 Å². The van der Waals surface area contributed by atoms with Gasteiger partial charge in [-0.25, -0.2) is 0 Å². The van der Waals surface area contributed by atoms with Crippen LogP contribution in [0.4, 0.5) is 0 Å². The van der Waals surface area contributed by atoms with Crippen LogP contribution in [-0.4, -0.2) is 35.0 Å². The second-order valence-corrected chi connectivity index (χ2v) is 3.75. The predicted molar refractivity (Wildman–Crippen MR) is 57.2 cm³/mol. The van der Waals surface area contributed by atoms with Gasteiger partial charge in [0.1, 0.15) is 11.5 Å². The van der Waals surface area contributed by atoms with Crippen LogP contribution in [0.25, 0.3) is 0 Å². The molecule has 0 atom stereocenters. The van der Waals surface area contributed by atoms with E-state index in [1.807, 2.05) is 14.1 Å². The van der Waals surface area contributed by atoms with E-state index in [9.17, 15) is 15.0 Å². The van der Waals surface area contributed by atoms with Gasteiger partial charge in [0.2, 0.25) is 0 Å². The number of hydrogen-bond donors (Lipinski definition) is 2. The summed E-state index contributed by atoms with van der Waals surface area (Å²) in [5.74, 6) is -0.338. The summed E-state index contributed by atoms with van der Waals surface area (Å²) in [5, 5.41) is 19.3. The standard InChI is InChI=1S/C11H15NO3/c1-7(13)8-4-5-10(14)9(11(8)15)6-12(2)3/h4-5,14-15H,6H2,1-3H3. The predicted octanol–water partition coefficient (Wildman–Crippen LogP) is 1.36. The third-order valence-corrected chi connectivity index (χ3v) is 2.11. The number of nitrogens with zero attached hydrogens (tertiary/aromatic N) is 1. The quantitative estimate of drug-likeness (QED) is 0.738. The molecule has 0 heterocycles. The number of carbonyl (C=O) groups excluding carboxylic acids is 1. The van der Waals surface area contributed by atoms with Crippen molar-refractivity contribution in [3.63, 3.8) is 0 Å². The zero-order valence-electron chi connectivity index (χ0n) is 9.11. The summed E-state index contributed by atoms with van der Waals surface area (Å²) in [6, 6.07) is 2.85. The fourth-order valence-electron chi connectivity index (χ4n) is 1.38. The molecule has 82 valence electrons. The average molecular weight is 209 g/mol. The molecule has 4 nitrogen and oxygen atoms in total. The summed E-state index contributed by atoms with van der Waals surface area (Å²) < 4.78 is 0. The molecule has 0 bridgehead atoms. The fraction of sp³-hybridized carbons (Fsp3) is 0.364. The van der Waals surface area contributed by atoms with E-state index in [4.69, 9.17) is 0 Å². The van der Waals surface area contributed by atoms with Gasteiger partial charge in [-0.3, -0.25) is 4.79 Å². The van der Waals surface area contributed by atoms with Gasteiger partial charge in [0.15, 0.2) is 5.78 Å². The molecule has 1 aromatic carbocycles. The maximum absolute atomic E-state index is 11.2. The molecule has 1 aromatic rings. The Morgan fingerprint density at radius 1 is 1.33 bits per heavy atom. The van der Waals surface area contributed by atoms with E-state index in [1.54, 1.807) is 4.90 Å². The van der Waals surface area contributed by atoms with Crippen LogP contribution in [0.1, 0.15) is 22.8 Å². The van der Waals surface area contributed by atoms with Crippen molar-refractivity contribution in [1.82, 2.24) is 4.90 Å². The maximum atomic E-state index is 11.2. The molecule has 0 radical (unpaired) electrons. The number of Topliss-reactive ketones (excluding diaryl/α,β-unsaturated/α-hetero) is 1. The van der Waals surface area contributed by atoms with E-state index in [2.05, 4.69) is 0 Å². The van der Waals surface area contributed by atoms with E-state index in [-0.39, 0.29) is 22.8 Å². The van der Waals surface area contributed by atoms with Gasteiger partial charge in [0, 0.05) is 6.54 Å². The minimum atomic E-state index is -0.215. The number of rotatable bonds is 3. The molecule has 0 saturated carbocycles. The third-order valence-electron chi connectivity index (χ3n) is 2.11. The summed E-state index contributed by atoms with van der Waals surface area (Å²) in [6.45, 7) is 1.77. The number of phenols is 2. The molecule has 4 heteroatoms. The van der Waals surface area contributed by atoms with E-state index in [0.29, 0.717) is 12.1 Å². The lowest BCUT2D eigenvalue weighted by Crippen LogP contribution is -2.11. The average Bonchev–Trinajstić information content (AvgIpc) is 2.11. The van der Waals surface area contributed by atoms with Crippen molar-refractivity contribution in [2.45, 2.75) is 13.5 Å². The largest absolute Gasteiger partial charge is 0.507 e. The Bertz CT molecular complexity index is 386. The second-order valence-electron chi connectivity index (χ2n) is 3.75. The van der Waals surface area contributed by atoms with E-state index < -0.39 is 0 Å². The number of hydrogen-bond acceptors (Lipinski definition) is 4. The van der Waals surface area contributed by atoms with Gasteiger partial charge in [-0.15, -0.1) is 0 Å². The van der Waals surface area contributed by atoms with Gasteiger partial charge in [0.05, 0.1) is 11.1 Å². The Hall–Kier alpha value is -1.55. The highest BCUT2D eigenvalue weighted by Crippen LogP contribution is 2.31. The van der Waals surface area contributed by atoms with Gasteiger partial charge in [-0.1, -0.05) is 0 Å². The molecule has 0 aliphatic carbocycles. The number of aromatic hydroxyl groups is 2. The molecule has 15 heavy (non-hydrogen) atoms. The van der Waals surface area contributed by atoms with Crippen LogP contribution in [0, 0.1) is 0 Å². The van der Waals surface area contributed by atoms with Crippen LogP contribution in [-0.2, 0) is 6.54 Å². The van der Waals surface area contributed by atoms with Crippen LogP contribution in [0.15, 0.2) is 12.1 Å². The maximum Gasteiger partial charge on any atom is 0.163 e. The molecule has 0 amide bonds. The monoisotopic (exact) mass is 209 g/mol. The molecule has 0 aliphatic rings. The summed E-state index contributed by atoms with van der Waals surface area (Å²) in [5.41, 5.74) is 0.623. The smallest absolute Gasteiger partial charge is 0.163 e. The minimum absolute atomic E-state index is 0.00574. The normalized spacial score (nSPS) is 10.7. The Labute approximate surface area is 88.8 Å². The van der Waals surface area contributed by atoms with Gasteiger partial charge >= 0.3 is 0 Å². The molecule has 0 aromatic heterocycles. The number of phenolic OH excluding ortho intramolecular Hbond substituents is 2. The lowest BCUT2D eigenvalue weighted by atomic mass is 10.0. The zero-order chi connectivity index (χ0) is 11.6. The van der Waals surface area contributed by atoms with Crippen molar-refractivity contribution in [1.29, 1.82) is 0 Å². The Kier molecular flexibility index (Phi) is 3.31. The Morgan fingerprint density at radius 2 is 1.93 bits per heavy atom. The van der Waals surface area contributed by atoms with Crippen molar-refractivity contribution in [2.75, 3.05) is 14.1 Å². The highest BCUT2D eigenvalue weighted by atomic mass is 16.3. The first-order chi connectivity index (χ1) is 6.93. The molecule has 2 N–H and O–H groups in total. The Morgan fingerprint density at radius 3 is 2.40 bits per heavy atom. The van der Waals surface area contributed by atoms with Crippen LogP contribution in [0.2, 0.25) is 0 Å². The minimum Gasteiger partial charge on any atom is -0.507 e. The summed E-state index contributed by atoms with van der Waals surface area (Å²) in [6.07, 6.45) is 0. The SMILES string of the molecule is CC(=O)c1ccc(O)c(CN(C)C)c1O. The van der Waals surface area contributed by atoms with E-state index in [1.165, 1.54) is 19.1 Å². The van der Waals surface area contributed by atoms with Gasteiger partial charge in [0.25, 0.3) is 0 Å². The van der Waals surface area contributed by atoms with Crippen molar-refractivity contribution < 1.29 is 15.0 Å². The number of ketones is 1. The molecule has 0 aliphatic heterocycles. The molecule has 0 unspecified atom stereocenters. The molecule has 1 rings (SSSR count).